The van der Waals surface area contributed by atoms with Crippen LogP contribution in [-0.4, -0.2) is 35.6 Å². The lowest BCUT2D eigenvalue weighted by atomic mass is 10.1. The van der Waals surface area contributed by atoms with Crippen molar-refractivity contribution in [1.29, 1.82) is 0 Å². The number of hydrogen-bond acceptors (Lipinski definition) is 4. The molecule has 0 fully saturated rings. The molecule has 0 aliphatic carbocycles. The maximum Gasteiger partial charge on any atom is 0.275 e. The summed E-state index contributed by atoms with van der Waals surface area (Å²) in [5.41, 5.74) is 2.30. The molecule has 1 N–H and O–H groups in total. The first-order valence-corrected chi connectivity index (χ1v) is 10.3. The molecular weight excluding hydrogens is 413 g/mol. The molecule has 0 aliphatic rings. The van der Waals surface area contributed by atoms with Crippen molar-refractivity contribution in [3.05, 3.63) is 76.5 Å². The van der Waals surface area contributed by atoms with Gasteiger partial charge in [0.15, 0.2) is 0 Å². The molecule has 4 rings (SSSR count). The number of amides is 1. The molecule has 0 unspecified atom stereocenters. The second-order valence-electron chi connectivity index (χ2n) is 7.38. The fraction of sp³-hybridized carbons (Fsp3) is 0.250. The zero-order valence-electron chi connectivity index (χ0n) is 17.9. The summed E-state index contributed by atoms with van der Waals surface area (Å²) in [5.74, 6) is 0.805. The highest BCUT2D eigenvalue weighted by Gasteiger charge is 2.13. The molecule has 4 aromatic rings. The number of benzene rings is 2. The quantitative estimate of drug-likeness (QED) is 0.460. The SMILES string of the molecule is COc1ccc(OC)c(CCNC(=O)CCn2c(=O)c3cccn3c3ccc(F)cc32)c1. The van der Waals surface area contributed by atoms with Crippen LogP contribution in [0.5, 0.6) is 11.5 Å². The van der Waals surface area contributed by atoms with Crippen molar-refractivity contribution in [3.63, 3.8) is 0 Å². The molecule has 0 spiro atoms. The summed E-state index contributed by atoms with van der Waals surface area (Å²) in [4.78, 5) is 25.4. The van der Waals surface area contributed by atoms with E-state index >= 15 is 0 Å². The number of aryl methyl sites for hydroxylation is 1. The largest absolute Gasteiger partial charge is 0.497 e. The van der Waals surface area contributed by atoms with Crippen molar-refractivity contribution in [3.8, 4) is 11.5 Å². The monoisotopic (exact) mass is 437 g/mol. The average Bonchev–Trinajstić information content (AvgIpc) is 3.29. The Bertz CT molecular complexity index is 1340. The van der Waals surface area contributed by atoms with Crippen LogP contribution in [0.2, 0.25) is 0 Å². The minimum atomic E-state index is -0.436. The van der Waals surface area contributed by atoms with Crippen molar-refractivity contribution >= 4 is 22.5 Å². The standard InChI is InChI=1S/C24H24FN3O4/c1-31-18-6-8-22(32-2)16(14-18)9-11-26-23(29)10-13-28-21-15-17(25)5-7-19(21)27-12-3-4-20(27)24(28)30/h3-8,12,14-15H,9-11,13H2,1-2H3,(H,26,29). The number of aromatic nitrogens is 2. The molecule has 0 aliphatic heterocycles. The lowest BCUT2D eigenvalue weighted by Gasteiger charge is -2.13. The van der Waals surface area contributed by atoms with Gasteiger partial charge in [-0.2, -0.15) is 0 Å². The van der Waals surface area contributed by atoms with E-state index in [4.69, 9.17) is 9.47 Å². The van der Waals surface area contributed by atoms with E-state index < -0.39 is 5.82 Å². The van der Waals surface area contributed by atoms with Crippen LogP contribution in [0.3, 0.4) is 0 Å². The van der Waals surface area contributed by atoms with E-state index in [0.29, 0.717) is 35.3 Å². The minimum absolute atomic E-state index is 0.0949. The van der Waals surface area contributed by atoms with Gasteiger partial charge in [-0.1, -0.05) is 0 Å². The summed E-state index contributed by atoms with van der Waals surface area (Å²) in [7, 11) is 3.19. The maximum atomic E-state index is 13.9. The Morgan fingerprint density at radius 1 is 1.03 bits per heavy atom. The highest BCUT2D eigenvalue weighted by atomic mass is 19.1. The van der Waals surface area contributed by atoms with Crippen LogP contribution in [0.1, 0.15) is 12.0 Å². The number of nitrogens with zero attached hydrogens (tertiary/aromatic N) is 2. The minimum Gasteiger partial charge on any atom is -0.497 e. The first-order chi connectivity index (χ1) is 15.5. The van der Waals surface area contributed by atoms with Crippen molar-refractivity contribution in [2.45, 2.75) is 19.4 Å². The summed E-state index contributed by atoms with van der Waals surface area (Å²) in [6, 6.07) is 13.3. The zero-order valence-corrected chi connectivity index (χ0v) is 17.9. The number of methoxy groups -OCH3 is 2. The van der Waals surface area contributed by atoms with Crippen molar-refractivity contribution < 1.29 is 18.7 Å². The van der Waals surface area contributed by atoms with Crippen molar-refractivity contribution in [1.82, 2.24) is 14.3 Å². The molecule has 2 aromatic heterocycles. The van der Waals surface area contributed by atoms with Gasteiger partial charge in [-0.25, -0.2) is 4.39 Å². The van der Waals surface area contributed by atoms with E-state index in [1.807, 2.05) is 18.2 Å². The number of carbonyl (C=O) groups is 1. The Balaban J connectivity index is 1.46. The molecule has 7 nitrogen and oxygen atoms in total. The van der Waals surface area contributed by atoms with E-state index in [9.17, 15) is 14.0 Å². The number of hydrogen-bond donors (Lipinski definition) is 1. The Kier molecular flexibility index (Phi) is 6.11. The Hall–Kier alpha value is -3.81. The van der Waals surface area contributed by atoms with E-state index in [1.54, 1.807) is 43.0 Å². The summed E-state index contributed by atoms with van der Waals surface area (Å²) in [6.07, 6.45) is 2.43. The molecular formula is C24H24FN3O4. The van der Waals surface area contributed by atoms with Gasteiger partial charge in [-0.3, -0.25) is 9.59 Å². The lowest BCUT2D eigenvalue weighted by molar-refractivity contribution is -0.121. The third kappa shape index (κ3) is 4.16. The summed E-state index contributed by atoms with van der Waals surface area (Å²) in [5, 5.41) is 2.87. The predicted octanol–water partition coefficient (Wildman–Crippen LogP) is 3.16. The van der Waals surface area contributed by atoms with Gasteiger partial charge in [0.25, 0.3) is 5.56 Å². The van der Waals surface area contributed by atoms with Crippen LogP contribution < -0.4 is 20.3 Å². The molecule has 2 aromatic carbocycles. The van der Waals surface area contributed by atoms with Gasteiger partial charge < -0.3 is 23.8 Å². The Morgan fingerprint density at radius 2 is 1.88 bits per heavy atom. The van der Waals surface area contributed by atoms with Gasteiger partial charge in [0.05, 0.1) is 25.3 Å². The fourth-order valence-corrected chi connectivity index (χ4v) is 3.87. The molecule has 0 radical (unpaired) electrons. The smallest absolute Gasteiger partial charge is 0.275 e. The third-order valence-electron chi connectivity index (χ3n) is 5.47. The molecule has 8 heteroatoms. The first kappa shape index (κ1) is 21.4. The molecule has 0 bridgehead atoms. The van der Waals surface area contributed by atoms with Crippen LogP contribution >= 0.6 is 0 Å². The molecule has 166 valence electrons. The second-order valence-corrected chi connectivity index (χ2v) is 7.38. The normalized spacial score (nSPS) is 11.1. The van der Waals surface area contributed by atoms with Gasteiger partial charge in [-0.15, -0.1) is 0 Å². The topological polar surface area (TPSA) is 74.0 Å². The van der Waals surface area contributed by atoms with Crippen LogP contribution in [0, 0.1) is 5.82 Å². The number of carbonyl (C=O) groups excluding carboxylic acids is 1. The average molecular weight is 437 g/mol. The van der Waals surface area contributed by atoms with E-state index in [2.05, 4.69) is 5.32 Å². The molecule has 32 heavy (non-hydrogen) atoms. The number of fused-ring (bicyclic) bond motifs is 3. The van der Waals surface area contributed by atoms with Crippen molar-refractivity contribution in [2.75, 3.05) is 20.8 Å². The number of ether oxygens (including phenoxy) is 2. The molecule has 1 amide bonds. The Labute approximate surface area is 184 Å². The highest BCUT2D eigenvalue weighted by Crippen LogP contribution is 2.24. The van der Waals surface area contributed by atoms with Crippen LogP contribution in [0.25, 0.3) is 16.6 Å². The van der Waals surface area contributed by atoms with Gasteiger partial charge >= 0.3 is 0 Å². The second kappa shape index (κ2) is 9.13. The van der Waals surface area contributed by atoms with E-state index in [-0.39, 0.29) is 24.4 Å². The van der Waals surface area contributed by atoms with E-state index in [1.165, 1.54) is 16.7 Å². The maximum absolute atomic E-state index is 13.9. The van der Waals surface area contributed by atoms with Crippen LogP contribution in [-0.2, 0) is 17.8 Å². The van der Waals surface area contributed by atoms with Crippen LogP contribution in [0.15, 0.2) is 59.5 Å². The molecule has 0 saturated heterocycles. The summed E-state index contributed by atoms with van der Waals surface area (Å²) >= 11 is 0. The summed E-state index contributed by atoms with van der Waals surface area (Å²) in [6.45, 7) is 0.555. The Morgan fingerprint density at radius 3 is 2.66 bits per heavy atom. The molecule has 0 saturated carbocycles. The molecule has 0 atom stereocenters. The first-order valence-electron chi connectivity index (χ1n) is 10.3. The fourth-order valence-electron chi connectivity index (χ4n) is 3.87. The predicted molar refractivity (Wildman–Crippen MR) is 120 cm³/mol. The number of nitrogens with one attached hydrogen (secondary N) is 1. The number of halogens is 1. The van der Waals surface area contributed by atoms with Crippen molar-refractivity contribution in [2.24, 2.45) is 0 Å². The van der Waals surface area contributed by atoms with E-state index in [0.717, 1.165) is 11.3 Å². The zero-order chi connectivity index (χ0) is 22.7. The van der Waals surface area contributed by atoms with Gasteiger partial charge in [0.1, 0.15) is 22.8 Å². The third-order valence-corrected chi connectivity index (χ3v) is 5.47. The van der Waals surface area contributed by atoms with Gasteiger partial charge in [0, 0.05) is 25.7 Å². The highest BCUT2D eigenvalue weighted by molar-refractivity contribution is 5.80. The number of rotatable bonds is 8. The summed E-state index contributed by atoms with van der Waals surface area (Å²) < 4.78 is 27.7. The van der Waals surface area contributed by atoms with Crippen LogP contribution in [0.4, 0.5) is 4.39 Å². The lowest BCUT2D eigenvalue weighted by Crippen LogP contribution is -2.29. The molecule has 2 heterocycles. The van der Waals surface area contributed by atoms with Gasteiger partial charge in [-0.05, 0) is 60.5 Å². The van der Waals surface area contributed by atoms with Gasteiger partial charge in [0.2, 0.25) is 5.91 Å².